The summed E-state index contributed by atoms with van der Waals surface area (Å²) in [4.78, 5) is 41.2. The summed E-state index contributed by atoms with van der Waals surface area (Å²) in [6, 6.07) is 14.6. The molecule has 12 heteroatoms. The van der Waals surface area contributed by atoms with E-state index < -0.39 is 34.5 Å². The van der Waals surface area contributed by atoms with Gasteiger partial charge in [-0.1, -0.05) is 35.0 Å². The predicted octanol–water partition coefficient (Wildman–Crippen LogP) is 5.06. The number of halogens is 2. The number of para-hydroxylation sites is 1. The maximum atomic E-state index is 13.4. The Labute approximate surface area is 224 Å². The van der Waals surface area contributed by atoms with E-state index in [0.29, 0.717) is 34.0 Å². The van der Waals surface area contributed by atoms with Gasteiger partial charge in [-0.25, -0.2) is 9.37 Å². The number of rotatable bonds is 9. The number of fused-ring (bicyclic) bond motifs is 1. The van der Waals surface area contributed by atoms with Crippen LogP contribution >= 0.6 is 15.9 Å². The number of nitro benzene ring substituents is 1. The van der Waals surface area contributed by atoms with Crippen molar-refractivity contribution in [3.63, 3.8) is 0 Å². The Hall–Kier alpha value is -4.45. The summed E-state index contributed by atoms with van der Waals surface area (Å²) in [5.74, 6) is -0.972. The van der Waals surface area contributed by atoms with Crippen LogP contribution in [0.1, 0.15) is 24.7 Å². The highest BCUT2D eigenvalue weighted by Gasteiger charge is 2.20. The minimum absolute atomic E-state index is 0.168. The molecule has 0 spiro atoms. The Balaban J connectivity index is 1.68. The number of carbonyl (C=O) groups excluding carboxylic acids is 1. The molecule has 1 heterocycles. The Morgan fingerprint density at radius 2 is 2.03 bits per heavy atom. The maximum Gasteiger partial charge on any atom is 0.311 e. The van der Waals surface area contributed by atoms with E-state index >= 15 is 0 Å². The largest absolute Gasteiger partial charge is 0.476 e. The lowest BCUT2D eigenvalue weighted by atomic mass is 10.2. The van der Waals surface area contributed by atoms with Gasteiger partial charge in [-0.3, -0.25) is 19.7 Å². The number of carbonyl (C=O) groups is 1. The number of aromatic nitrogens is 2. The van der Waals surface area contributed by atoms with Crippen molar-refractivity contribution in [3.05, 3.63) is 103 Å². The van der Waals surface area contributed by atoms with Crippen molar-refractivity contribution in [2.24, 2.45) is 5.10 Å². The van der Waals surface area contributed by atoms with Gasteiger partial charge in [0.15, 0.2) is 6.61 Å². The van der Waals surface area contributed by atoms with Crippen LogP contribution < -0.4 is 15.6 Å². The quantitative estimate of drug-likeness (QED) is 0.167. The lowest BCUT2D eigenvalue weighted by Gasteiger charge is -2.11. The van der Waals surface area contributed by atoms with Crippen molar-refractivity contribution >= 4 is 50.3 Å². The zero-order chi connectivity index (χ0) is 27.2. The van der Waals surface area contributed by atoms with Crippen LogP contribution in [0.2, 0.25) is 0 Å². The zero-order valence-electron chi connectivity index (χ0n) is 20.1. The van der Waals surface area contributed by atoms with E-state index in [-0.39, 0.29) is 17.0 Å². The van der Waals surface area contributed by atoms with Gasteiger partial charge in [0.2, 0.25) is 5.75 Å². The fourth-order valence-electron chi connectivity index (χ4n) is 3.67. The number of anilines is 1. The van der Waals surface area contributed by atoms with Gasteiger partial charge in [0.25, 0.3) is 11.5 Å². The summed E-state index contributed by atoms with van der Waals surface area (Å²) in [6.07, 6.45) is 2.42. The van der Waals surface area contributed by atoms with E-state index in [4.69, 9.17) is 4.74 Å². The van der Waals surface area contributed by atoms with Gasteiger partial charge < -0.3 is 10.1 Å². The number of nitrogens with zero attached hydrogens (tertiary/aromatic N) is 4. The molecular weight excluding hydrogens is 561 g/mol. The van der Waals surface area contributed by atoms with Crippen LogP contribution in [0.15, 0.2) is 75.0 Å². The standard InChI is InChI=1S/C26H21BrFN5O5/c1-2-5-23-31-21-11-10-17(27)12-20(21)26(35)32(23)29-14-16-6-3-9-22(33(36)37)25(16)38-15-24(34)30-19-8-4-7-18(28)13-19/h3-4,6-14H,2,5,15H2,1H3,(H,30,34). The highest BCUT2D eigenvalue weighted by atomic mass is 79.9. The van der Waals surface area contributed by atoms with E-state index in [0.717, 1.165) is 10.7 Å². The molecule has 4 aromatic rings. The van der Waals surface area contributed by atoms with Crippen molar-refractivity contribution in [2.75, 3.05) is 11.9 Å². The second kappa shape index (κ2) is 11.7. The molecule has 0 aliphatic rings. The summed E-state index contributed by atoms with van der Waals surface area (Å²) in [6.45, 7) is 1.35. The lowest BCUT2D eigenvalue weighted by Crippen LogP contribution is -2.23. The first kappa shape index (κ1) is 26.6. The number of benzene rings is 3. The summed E-state index contributed by atoms with van der Waals surface area (Å²) >= 11 is 3.35. The van der Waals surface area contributed by atoms with Gasteiger partial charge in [0.05, 0.1) is 22.0 Å². The highest BCUT2D eigenvalue weighted by molar-refractivity contribution is 9.10. The fourth-order valence-corrected chi connectivity index (χ4v) is 4.03. The number of hydrogen-bond acceptors (Lipinski definition) is 7. The number of amides is 1. The molecule has 0 bridgehead atoms. The Morgan fingerprint density at radius 1 is 1.24 bits per heavy atom. The third kappa shape index (κ3) is 6.09. The minimum Gasteiger partial charge on any atom is -0.476 e. The van der Waals surface area contributed by atoms with Gasteiger partial charge in [-0.15, -0.1) is 0 Å². The van der Waals surface area contributed by atoms with Crippen LogP contribution in [-0.4, -0.2) is 33.3 Å². The summed E-state index contributed by atoms with van der Waals surface area (Å²) in [5, 5.41) is 18.8. The van der Waals surface area contributed by atoms with E-state index in [1.54, 1.807) is 18.2 Å². The Bertz CT molecular complexity index is 1620. The number of nitrogens with one attached hydrogen (secondary N) is 1. The van der Waals surface area contributed by atoms with Gasteiger partial charge in [-0.05, 0) is 48.9 Å². The van der Waals surface area contributed by atoms with Crippen molar-refractivity contribution < 1.29 is 18.8 Å². The van der Waals surface area contributed by atoms with Gasteiger partial charge >= 0.3 is 5.69 Å². The predicted molar refractivity (Wildman–Crippen MR) is 144 cm³/mol. The molecule has 38 heavy (non-hydrogen) atoms. The van der Waals surface area contributed by atoms with E-state index in [2.05, 4.69) is 31.3 Å². The van der Waals surface area contributed by atoms with Crippen LogP contribution in [0.3, 0.4) is 0 Å². The maximum absolute atomic E-state index is 13.4. The third-order valence-corrected chi connectivity index (χ3v) is 5.83. The molecule has 0 saturated heterocycles. The molecule has 0 unspecified atom stereocenters. The van der Waals surface area contributed by atoms with Gasteiger partial charge in [0.1, 0.15) is 11.6 Å². The molecule has 0 aliphatic heterocycles. The van der Waals surface area contributed by atoms with Gasteiger partial charge in [-0.2, -0.15) is 9.78 Å². The minimum atomic E-state index is -0.652. The molecular formula is C26H21BrFN5O5. The van der Waals surface area contributed by atoms with Crippen LogP contribution in [0.25, 0.3) is 10.9 Å². The first-order valence-corrected chi connectivity index (χ1v) is 12.3. The smallest absolute Gasteiger partial charge is 0.311 e. The van der Waals surface area contributed by atoms with Crippen molar-refractivity contribution in [1.82, 2.24) is 9.66 Å². The monoisotopic (exact) mass is 581 g/mol. The van der Waals surface area contributed by atoms with E-state index in [1.807, 2.05) is 6.92 Å². The van der Waals surface area contributed by atoms with Gasteiger partial charge in [0, 0.05) is 28.2 Å². The molecule has 1 amide bonds. The number of hydrogen-bond donors (Lipinski definition) is 1. The molecule has 0 fully saturated rings. The molecule has 3 aromatic carbocycles. The fraction of sp³-hybridized carbons (Fsp3) is 0.154. The molecule has 0 atom stereocenters. The topological polar surface area (TPSA) is 129 Å². The van der Waals surface area contributed by atoms with Crippen molar-refractivity contribution in [1.29, 1.82) is 0 Å². The molecule has 0 radical (unpaired) electrons. The molecule has 10 nitrogen and oxygen atoms in total. The summed E-state index contributed by atoms with van der Waals surface area (Å²) < 4.78 is 20.8. The van der Waals surface area contributed by atoms with E-state index in [1.165, 1.54) is 42.6 Å². The number of ether oxygens (including phenoxy) is 1. The average molecular weight is 582 g/mol. The summed E-state index contributed by atoms with van der Waals surface area (Å²) in [7, 11) is 0. The first-order valence-electron chi connectivity index (χ1n) is 11.5. The molecule has 1 N–H and O–H groups in total. The normalized spacial score (nSPS) is 11.1. The van der Waals surface area contributed by atoms with Crippen LogP contribution in [0.5, 0.6) is 5.75 Å². The van der Waals surface area contributed by atoms with Crippen LogP contribution in [0.4, 0.5) is 15.8 Å². The second-order valence-corrected chi connectivity index (χ2v) is 9.02. The van der Waals surface area contributed by atoms with E-state index in [9.17, 15) is 24.1 Å². The molecule has 1 aromatic heterocycles. The van der Waals surface area contributed by atoms with Crippen LogP contribution in [-0.2, 0) is 11.2 Å². The molecule has 4 rings (SSSR count). The second-order valence-electron chi connectivity index (χ2n) is 8.10. The molecule has 0 saturated carbocycles. The van der Waals surface area contributed by atoms with Crippen LogP contribution in [0, 0.1) is 15.9 Å². The molecule has 194 valence electrons. The first-order chi connectivity index (χ1) is 18.3. The number of aryl methyl sites for hydroxylation is 1. The average Bonchev–Trinajstić information content (AvgIpc) is 2.88. The van der Waals surface area contributed by atoms with Crippen molar-refractivity contribution in [2.45, 2.75) is 19.8 Å². The highest BCUT2D eigenvalue weighted by Crippen LogP contribution is 2.30. The number of nitro groups is 1. The Morgan fingerprint density at radius 3 is 2.76 bits per heavy atom. The molecule has 0 aliphatic carbocycles. The summed E-state index contributed by atoms with van der Waals surface area (Å²) in [5.41, 5.74) is 0.104. The lowest BCUT2D eigenvalue weighted by molar-refractivity contribution is -0.385. The zero-order valence-corrected chi connectivity index (χ0v) is 21.6. The third-order valence-electron chi connectivity index (χ3n) is 5.34. The SMILES string of the molecule is CCCc1nc2ccc(Br)cc2c(=O)n1N=Cc1cccc([N+](=O)[O-])c1OCC(=O)Nc1cccc(F)c1. The van der Waals surface area contributed by atoms with Crippen molar-refractivity contribution in [3.8, 4) is 5.75 Å². The Kier molecular flexibility index (Phi) is 8.22.